The lowest BCUT2D eigenvalue weighted by molar-refractivity contribution is -0.138. The number of ether oxygens (including phenoxy) is 2. The molecule has 4 nitrogen and oxygen atoms in total. The maximum atomic E-state index is 11.5. The van der Waals surface area contributed by atoms with Crippen LogP contribution in [0.4, 0.5) is 0 Å². The molecule has 0 aromatic heterocycles. The number of thioether (sulfide) groups is 2. The van der Waals surface area contributed by atoms with E-state index in [1.54, 1.807) is 23.5 Å². The van der Waals surface area contributed by atoms with Gasteiger partial charge in [-0.2, -0.15) is 0 Å². The molecule has 0 saturated heterocycles. The first-order chi connectivity index (χ1) is 10.4. The second kappa shape index (κ2) is 9.71. The molecule has 128 valence electrons. The summed E-state index contributed by atoms with van der Waals surface area (Å²) in [6.07, 6.45) is 2.37. The first-order valence-electron chi connectivity index (χ1n) is 7.77. The van der Waals surface area contributed by atoms with Gasteiger partial charge in [0.1, 0.15) is 0 Å². The Morgan fingerprint density at radius 3 is 1.95 bits per heavy atom. The lowest BCUT2D eigenvalue weighted by atomic mass is 9.77. The molecule has 0 N–H and O–H groups in total. The third-order valence-electron chi connectivity index (χ3n) is 4.36. The molecule has 0 bridgehead atoms. The number of rotatable bonds is 7. The van der Waals surface area contributed by atoms with E-state index in [0.717, 1.165) is 0 Å². The Bertz CT molecular complexity index is 373. The molecule has 1 saturated carbocycles. The maximum Gasteiger partial charge on any atom is 0.315 e. The van der Waals surface area contributed by atoms with E-state index in [9.17, 15) is 9.59 Å². The maximum absolute atomic E-state index is 11.5. The molecule has 0 aliphatic heterocycles. The highest BCUT2D eigenvalue weighted by Crippen LogP contribution is 2.45. The molecule has 6 heteroatoms. The summed E-state index contributed by atoms with van der Waals surface area (Å²) >= 11 is 3.37. The average molecular weight is 349 g/mol. The quantitative estimate of drug-likeness (QED) is 0.658. The molecule has 1 aliphatic carbocycles. The van der Waals surface area contributed by atoms with Gasteiger partial charge in [-0.15, -0.1) is 23.5 Å². The zero-order valence-electron chi connectivity index (χ0n) is 14.2. The first kappa shape index (κ1) is 19.7. The number of esters is 2. The summed E-state index contributed by atoms with van der Waals surface area (Å²) in [6, 6.07) is 0. The second-order valence-corrected chi connectivity index (χ2v) is 8.50. The van der Waals surface area contributed by atoms with E-state index in [1.807, 2.05) is 0 Å². The second-order valence-electron chi connectivity index (χ2n) is 6.17. The van der Waals surface area contributed by atoms with Gasteiger partial charge in [-0.05, 0) is 30.6 Å². The van der Waals surface area contributed by atoms with E-state index in [4.69, 9.17) is 9.47 Å². The molecular formula is C16H28O4S2. The molecule has 0 spiro atoms. The summed E-state index contributed by atoms with van der Waals surface area (Å²) in [5.41, 5.74) is 0. The van der Waals surface area contributed by atoms with Gasteiger partial charge in [0, 0.05) is 10.5 Å². The van der Waals surface area contributed by atoms with Crippen LogP contribution in [0.15, 0.2) is 0 Å². The monoisotopic (exact) mass is 348 g/mol. The van der Waals surface area contributed by atoms with Crippen molar-refractivity contribution >= 4 is 35.5 Å². The zero-order valence-corrected chi connectivity index (χ0v) is 15.8. The van der Waals surface area contributed by atoms with Crippen molar-refractivity contribution in [3.8, 4) is 0 Å². The van der Waals surface area contributed by atoms with Crippen molar-refractivity contribution in [2.45, 2.75) is 44.1 Å². The normalized spacial score (nSPS) is 28.5. The Hall–Kier alpha value is -0.360. The number of carbonyl (C=O) groups is 2. The Morgan fingerprint density at radius 2 is 1.50 bits per heavy atom. The fourth-order valence-corrected chi connectivity index (χ4v) is 6.36. The summed E-state index contributed by atoms with van der Waals surface area (Å²) in [6.45, 7) is 6.74. The van der Waals surface area contributed by atoms with Crippen LogP contribution in [0.2, 0.25) is 0 Å². The van der Waals surface area contributed by atoms with Crippen LogP contribution in [0.1, 0.15) is 33.6 Å². The third-order valence-corrected chi connectivity index (χ3v) is 7.51. The Labute approximate surface area is 142 Å². The van der Waals surface area contributed by atoms with Crippen molar-refractivity contribution in [1.82, 2.24) is 0 Å². The van der Waals surface area contributed by atoms with Crippen molar-refractivity contribution < 1.29 is 19.1 Å². The molecule has 4 atom stereocenters. The van der Waals surface area contributed by atoms with Gasteiger partial charge < -0.3 is 9.47 Å². The minimum atomic E-state index is -0.180. The lowest BCUT2D eigenvalue weighted by Crippen LogP contribution is -2.41. The average Bonchev–Trinajstić information content (AvgIpc) is 2.50. The van der Waals surface area contributed by atoms with E-state index in [1.165, 1.54) is 27.1 Å². The van der Waals surface area contributed by atoms with Crippen LogP contribution in [0, 0.1) is 17.8 Å². The van der Waals surface area contributed by atoms with Crippen molar-refractivity contribution in [2.24, 2.45) is 17.8 Å². The molecule has 0 aromatic rings. The van der Waals surface area contributed by atoms with Crippen molar-refractivity contribution in [2.75, 3.05) is 25.7 Å². The van der Waals surface area contributed by atoms with E-state index in [-0.39, 0.29) is 11.9 Å². The molecule has 4 unspecified atom stereocenters. The van der Waals surface area contributed by atoms with Crippen LogP contribution in [0.3, 0.4) is 0 Å². The number of methoxy groups -OCH3 is 2. The molecule has 1 aliphatic rings. The van der Waals surface area contributed by atoms with Crippen molar-refractivity contribution in [3.63, 3.8) is 0 Å². The summed E-state index contributed by atoms with van der Waals surface area (Å²) in [5.74, 6) is 2.09. The lowest BCUT2D eigenvalue weighted by Gasteiger charge is -2.43. The smallest absolute Gasteiger partial charge is 0.315 e. The third kappa shape index (κ3) is 5.69. The summed E-state index contributed by atoms with van der Waals surface area (Å²) < 4.78 is 9.53. The molecule has 0 amide bonds. The van der Waals surface area contributed by atoms with Gasteiger partial charge in [0.25, 0.3) is 0 Å². The predicted molar refractivity (Wildman–Crippen MR) is 93.3 cm³/mol. The predicted octanol–water partition coefficient (Wildman–Crippen LogP) is 3.24. The SMILES string of the molecule is COC(=O)CSC1C(C)CCC(C(C)C)C1SCC(=O)OC. The molecule has 0 aromatic carbocycles. The Kier molecular flexibility index (Phi) is 8.69. The highest BCUT2D eigenvalue weighted by atomic mass is 32.2. The zero-order chi connectivity index (χ0) is 16.7. The number of carbonyl (C=O) groups excluding carboxylic acids is 2. The van der Waals surface area contributed by atoms with E-state index < -0.39 is 0 Å². The van der Waals surface area contributed by atoms with Crippen LogP contribution < -0.4 is 0 Å². The van der Waals surface area contributed by atoms with Crippen molar-refractivity contribution in [1.29, 1.82) is 0 Å². The molecule has 0 radical (unpaired) electrons. The fraction of sp³-hybridized carbons (Fsp3) is 0.875. The first-order valence-corrected chi connectivity index (χ1v) is 9.87. The van der Waals surface area contributed by atoms with Gasteiger partial charge >= 0.3 is 11.9 Å². The van der Waals surface area contributed by atoms with E-state index in [0.29, 0.717) is 39.8 Å². The van der Waals surface area contributed by atoms with Gasteiger partial charge in [0.05, 0.1) is 25.7 Å². The van der Waals surface area contributed by atoms with Gasteiger partial charge in [-0.25, -0.2) is 0 Å². The largest absolute Gasteiger partial charge is 0.468 e. The topological polar surface area (TPSA) is 52.6 Å². The highest BCUT2D eigenvalue weighted by molar-refractivity contribution is 8.04. The van der Waals surface area contributed by atoms with Gasteiger partial charge in [-0.3, -0.25) is 9.59 Å². The standard InChI is InChI=1S/C16H28O4S2/c1-10(2)12-7-6-11(3)15(21-8-13(17)19-4)16(12)22-9-14(18)20-5/h10-12,15-16H,6-9H2,1-5H3. The molecule has 0 heterocycles. The summed E-state index contributed by atoms with van der Waals surface area (Å²) in [4.78, 5) is 23.0. The fourth-order valence-electron chi connectivity index (χ4n) is 2.99. The summed E-state index contributed by atoms with van der Waals surface area (Å²) in [5, 5.41) is 0.743. The molecule has 1 rings (SSSR count). The molecular weight excluding hydrogens is 320 g/mol. The van der Waals surface area contributed by atoms with Gasteiger partial charge in [0.2, 0.25) is 0 Å². The number of hydrogen-bond acceptors (Lipinski definition) is 6. The van der Waals surface area contributed by atoms with Gasteiger partial charge in [-0.1, -0.05) is 20.8 Å². The van der Waals surface area contributed by atoms with Crippen LogP contribution >= 0.6 is 23.5 Å². The minimum Gasteiger partial charge on any atom is -0.468 e. The Morgan fingerprint density at radius 1 is 1.00 bits per heavy atom. The van der Waals surface area contributed by atoms with Crippen LogP contribution in [-0.2, 0) is 19.1 Å². The number of hydrogen-bond donors (Lipinski definition) is 0. The summed E-state index contributed by atoms with van der Waals surface area (Å²) in [7, 11) is 2.85. The van der Waals surface area contributed by atoms with Crippen LogP contribution in [-0.4, -0.2) is 48.2 Å². The Balaban J connectivity index is 2.78. The molecule has 1 fully saturated rings. The van der Waals surface area contributed by atoms with Gasteiger partial charge in [0.15, 0.2) is 0 Å². The van der Waals surface area contributed by atoms with E-state index in [2.05, 4.69) is 20.8 Å². The van der Waals surface area contributed by atoms with Crippen molar-refractivity contribution in [3.05, 3.63) is 0 Å². The van der Waals surface area contributed by atoms with Crippen LogP contribution in [0.5, 0.6) is 0 Å². The minimum absolute atomic E-state index is 0.178. The van der Waals surface area contributed by atoms with E-state index >= 15 is 0 Å². The highest BCUT2D eigenvalue weighted by Gasteiger charge is 2.39. The van der Waals surface area contributed by atoms with Crippen LogP contribution in [0.25, 0.3) is 0 Å². The molecule has 22 heavy (non-hydrogen) atoms.